The van der Waals surface area contributed by atoms with Crippen molar-refractivity contribution in [2.24, 2.45) is 0 Å². The number of piperazine rings is 1. The van der Waals surface area contributed by atoms with Gasteiger partial charge in [-0.3, -0.25) is 19.8 Å². The highest BCUT2D eigenvalue weighted by molar-refractivity contribution is 7.89. The van der Waals surface area contributed by atoms with Crippen LogP contribution in [0.3, 0.4) is 0 Å². The van der Waals surface area contributed by atoms with Gasteiger partial charge in [0.05, 0.1) is 11.5 Å². The van der Waals surface area contributed by atoms with Crippen molar-refractivity contribution >= 4 is 27.3 Å². The first-order valence-corrected chi connectivity index (χ1v) is 11.5. The molecular weight excluding hydrogens is 420 g/mol. The van der Waals surface area contributed by atoms with E-state index < -0.39 is 20.6 Å². The van der Waals surface area contributed by atoms with Crippen LogP contribution in [0.5, 0.6) is 0 Å². The van der Waals surface area contributed by atoms with Gasteiger partial charge in [0.15, 0.2) is 4.90 Å². The topological polar surface area (TPSA) is 113 Å². The number of para-hydroxylation sites is 2. The summed E-state index contributed by atoms with van der Waals surface area (Å²) in [6.07, 6.45) is 0.805. The van der Waals surface area contributed by atoms with E-state index in [1.165, 1.54) is 28.6 Å². The average Bonchev–Trinajstić information content (AvgIpc) is 2.75. The Bertz CT molecular complexity index is 1080. The lowest BCUT2D eigenvalue weighted by molar-refractivity contribution is -0.387. The summed E-state index contributed by atoms with van der Waals surface area (Å²) in [6, 6.07) is 11.2. The van der Waals surface area contributed by atoms with Crippen molar-refractivity contribution in [3.8, 4) is 0 Å². The minimum absolute atomic E-state index is 0.150. The first-order valence-electron chi connectivity index (χ1n) is 10.1. The second kappa shape index (κ2) is 9.54. The van der Waals surface area contributed by atoms with Crippen LogP contribution in [-0.4, -0.2) is 61.2 Å². The van der Waals surface area contributed by atoms with Crippen molar-refractivity contribution in [2.75, 3.05) is 38.0 Å². The molecule has 1 aliphatic rings. The first-order chi connectivity index (χ1) is 14.7. The number of nitro groups is 1. The fraction of sp³-hybridized carbons (Fsp3) is 0.381. The summed E-state index contributed by atoms with van der Waals surface area (Å²) in [6.45, 7) is 5.17. The molecule has 1 heterocycles. The van der Waals surface area contributed by atoms with Crippen LogP contribution >= 0.6 is 0 Å². The molecular formula is C21H26N4O5S. The minimum atomic E-state index is -3.99. The number of nitrogens with zero attached hydrogens (tertiary/aromatic N) is 3. The van der Waals surface area contributed by atoms with E-state index in [4.69, 9.17) is 0 Å². The molecule has 0 saturated carbocycles. The fourth-order valence-corrected chi connectivity index (χ4v) is 5.26. The van der Waals surface area contributed by atoms with Crippen molar-refractivity contribution in [2.45, 2.75) is 25.2 Å². The number of sulfonamides is 1. The second-order valence-corrected chi connectivity index (χ2v) is 9.32. The van der Waals surface area contributed by atoms with Crippen LogP contribution in [0.4, 0.5) is 11.4 Å². The highest BCUT2D eigenvalue weighted by atomic mass is 32.2. The zero-order valence-corrected chi connectivity index (χ0v) is 18.4. The molecule has 0 spiro atoms. The van der Waals surface area contributed by atoms with Crippen LogP contribution in [-0.2, 0) is 21.2 Å². The lowest BCUT2D eigenvalue weighted by Gasteiger charge is -2.33. The zero-order valence-electron chi connectivity index (χ0n) is 17.6. The quantitative estimate of drug-likeness (QED) is 0.516. The molecule has 0 aromatic heterocycles. The summed E-state index contributed by atoms with van der Waals surface area (Å²) in [5.74, 6) is -0.154. The normalized spacial score (nSPS) is 15.5. The van der Waals surface area contributed by atoms with Gasteiger partial charge in [0, 0.05) is 37.9 Å². The van der Waals surface area contributed by atoms with Gasteiger partial charge in [-0.15, -0.1) is 0 Å². The predicted octanol–water partition coefficient (Wildman–Crippen LogP) is 2.41. The maximum Gasteiger partial charge on any atom is 0.289 e. The van der Waals surface area contributed by atoms with E-state index in [0.717, 1.165) is 23.2 Å². The molecule has 2 aromatic carbocycles. The second-order valence-electron chi connectivity index (χ2n) is 7.42. The third-order valence-electron chi connectivity index (χ3n) is 5.38. The number of nitrogens with one attached hydrogen (secondary N) is 1. The summed E-state index contributed by atoms with van der Waals surface area (Å²) in [5.41, 5.74) is 2.45. The molecule has 0 unspecified atom stereocenters. The van der Waals surface area contributed by atoms with Crippen LogP contribution in [0.1, 0.15) is 18.1 Å². The highest BCUT2D eigenvalue weighted by Crippen LogP contribution is 2.27. The number of amides is 1. The molecule has 31 heavy (non-hydrogen) atoms. The van der Waals surface area contributed by atoms with Crippen LogP contribution < -0.4 is 5.32 Å². The summed E-state index contributed by atoms with van der Waals surface area (Å²) in [5, 5.41) is 14.2. The van der Waals surface area contributed by atoms with Crippen LogP contribution in [0.2, 0.25) is 0 Å². The molecule has 1 amide bonds. The molecule has 0 bridgehead atoms. The molecule has 1 aliphatic heterocycles. The van der Waals surface area contributed by atoms with Crippen LogP contribution in [0.25, 0.3) is 0 Å². The average molecular weight is 447 g/mol. The van der Waals surface area contributed by atoms with Crippen molar-refractivity contribution in [1.82, 2.24) is 9.21 Å². The number of hydrogen-bond donors (Lipinski definition) is 1. The summed E-state index contributed by atoms with van der Waals surface area (Å²) in [7, 11) is -3.99. The Morgan fingerprint density at radius 3 is 2.42 bits per heavy atom. The third kappa shape index (κ3) is 5.09. The maximum absolute atomic E-state index is 12.9. The number of rotatable bonds is 7. The summed E-state index contributed by atoms with van der Waals surface area (Å²) >= 11 is 0. The molecule has 2 aromatic rings. The van der Waals surface area contributed by atoms with E-state index in [1.807, 2.05) is 36.9 Å². The standard InChI is InChI=1S/C21H26N4O5S/c1-3-17-8-6-7-16(2)21(17)22-20(26)15-23-11-13-24(14-12-23)31(29,30)19-10-5-4-9-18(19)25(27)28/h4-10H,3,11-15H2,1-2H3,(H,22,26). The number of anilines is 1. The van der Waals surface area contributed by atoms with Gasteiger partial charge in [0.25, 0.3) is 5.69 Å². The molecule has 0 atom stereocenters. The van der Waals surface area contributed by atoms with E-state index in [-0.39, 0.29) is 30.4 Å². The Morgan fingerprint density at radius 1 is 1.10 bits per heavy atom. The monoisotopic (exact) mass is 446 g/mol. The van der Waals surface area contributed by atoms with Crippen molar-refractivity contribution in [3.05, 3.63) is 63.7 Å². The number of nitro benzene ring substituents is 1. The van der Waals surface area contributed by atoms with Gasteiger partial charge in [-0.05, 0) is 30.5 Å². The largest absolute Gasteiger partial charge is 0.324 e. The van der Waals surface area contributed by atoms with Gasteiger partial charge in [-0.1, -0.05) is 37.3 Å². The molecule has 9 nitrogen and oxygen atoms in total. The number of carbonyl (C=O) groups excluding carboxylic acids is 1. The Labute approximate surface area is 181 Å². The van der Waals surface area contributed by atoms with Gasteiger partial charge in [0.2, 0.25) is 15.9 Å². The molecule has 1 fully saturated rings. The van der Waals surface area contributed by atoms with E-state index in [1.54, 1.807) is 0 Å². The van der Waals surface area contributed by atoms with Gasteiger partial charge in [-0.2, -0.15) is 4.31 Å². The molecule has 0 aliphatic carbocycles. The highest BCUT2D eigenvalue weighted by Gasteiger charge is 2.33. The summed E-state index contributed by atoms with van der Waals surface area (Å²) < 4.78 is 27.1. The lowest BCUT2D eigenvalue weighted by atomic mass is 10.1. The molecule has 1 N–H and O–H groups in total. The third-order valence-corrected chi connectivity index (χ3v) is 7.33. The van der Waals surface area contributed by atoms with Gasteiger partial charge < -0.3 is 5.32 Å². The van der Waals surface area contributed by atoms with E-state index in [2.05, 4.69) is 5.32 Å². The number of aryl methyl sites for hydroxylation is 2. The molecule has 1 saturated heterocycles. The molecule has 3 rings (SSSR count). The van der Waals surface area contributed by atoms with E-state index in [0.29, 0.717) is 13.1 Å². The molecule has 166 valence electrons. The molecule has 0 radical (unpaired) electrons. The Hall–Kier alpha value is -2.82. The number of hydrogen-bond acceptors (Lipinski definition) is 6. The number of benzene rings is 2. The van der Waals surface area contributed by atoms with Crippen molar-refractivity contribution in [1.29, 1.82) is 0 Å². The first kappa shape index (κ1) is 22.9. The smallest absolute Gasteiger partial charge is 0.289 e. The Morgan fingerprint density at radius 2 is 1.77 bits per heavy atom. The van der Waals surface area contributed by atoms with Crippen LogP contribution in [0, 0.1) is 17.0 Å². The minimum Gasteiger partial charge on any atom is -0.324 e. The molecule has 10 heteroatoms. The maximum atomic E-state index is 12.9. The van der Waals surface area contributed by atoms with Crippen molar-refractivity contribution < 1.29 is 18.1 Å². The number of carbonyl (C=O) groups is 1. The fourth-order valence-electron chi connectivity index (χ4n) is 3.68. The lowest BCUT2D eigenvalue weighted by Crippen LogP contribution is -2.50. The predicted molar refractivity (Wildman–Crippen MR) is 117 cm³/mol. The van der Waals surface area contributed by atoms with E-state index in [9.17, 15) is 23.3 Å². The zero-order chi connectivity index (χ0) is 22.6. The SMILES string of the molecule is CCc1cccc(C)c1NC(=O)CN1CCN(S(=O)(=O)c2ccccc2[N+](=O)[O-])CC1. The Balaban J connectivity index is 1.63. The van der Waals surface area contributed by atoms with E-state index >= 15 is 0 Å². The van der Waals surface area contributed by atoms with Gasteiger partial charge >= 0.3 is 0 Å². The van der Waals surface area contributed by atoms with Gasteiger partial charge in [-0.25, -0.2) is 8.42 Å². The Kier molecular flexibility index (Phi) is 7.04. The van der Waals surface area contributed by atoms with Crippen LogP contribution in [0.15, 0.2) is 47.4 Å². The summed E-state index contributed by atoms with van der Waals surface area (Å²) in [4.78, 5) is 24.7. The van der Waals surface area contributed by atoms with Gasteiger partial charge in [0.1, 0.15) is 0 Å². The van der Waals surface area contributed by atoms with Crippen molar-refractivity contribution in [3.63, 3.8) is 0 Å².